The van der Waals surface area contributed by atoms with Crippen molar-refractivity contribution in [3.8, 4) is 0 Å². The topological polar surface area (TPSA) is 30.0 Å². The largest absolute Gasteiger partial charge is 0.292 e. The number of rotatable bonds is 3. The maximum absolute atomic E-state index is 13.0. The molecule has 2 aliphatic rings. The molecule has 1 heterocycles. The first-order valence-corrected chi connectivity index (χ1v) is 7.94. The maximum atomic E-state index is 13.0. The van der Waals surface area contributed by atoms with Crippen molar-refractivity contribution in [2.45, 2.75) is 19.3 Å². The summed E-state index contributed by atoms with van der Waals surface area (Å²) < 4.78 is 0. The minimum atomic E-state index is 0.0348. The number of Topliss-reactive ketones (excluding diaryl/α,β-unsaturated/α-hetero) is 1. The molecule has 1 saturated carbocycles. The van der Waals surface area contributed by atoms with Gasteiger partial charge in [0.25, 0.3) is 0 Å². The molecule has 0 saturated heterocycles. The van der Waals surface area contributed by atoms with Crippen molar-refractivity contribution < 1.29 is 4.79 Å². The highest BCUT2D eigenvalue weighted by Crippen LogP contribution is 2.53. The second kappa shape index (κ2) is 5.20. The number of aryl methyl sites for hydroxylation is 1. The number of allylic oxidation sites excluding steroid dienone is 2. The van der Waals surface area contributed by atoms with E-state index < -0.39 is 0 Å². The summed E-state index contributed by atoms with van der Waals surface area (Å²) in [6.45, 7) is 2.10. The molecule has 110 valence electrons. The van der Waals surface area contributed by atoms with E-state index in [9.17, 15) is 4.79 Å². The molecule has 22 heavy (non-hydrogen) atoms. The van der Waals surface area contributed by atoms with Crippen LogP contribution in [0.2, 0.25) is 0 Å². The minimum Gasteiger partial charge on any atom is -0.292 e. The molecule has 0 unspecified atom stereocenters. The van der Waals surface area contributed by atoms with Crippen molar-refractivity contribution in [3.63, 3.8) is 0 Å². The third-order valence-corrected chi connectivity index (χ3v) is 5.14. The standard InChI is InChI=1S/C20H19NO/c1-13-5-7-14(8-6-13)18-15-9-10-16(12-15)19(18)20(22)17-4-2-3-11-21-17/h2-11,15-16,18-19H,12H2,1H3/t15-,16+,18+,19+/m0/s1. The SMILES string of the molecule is Cc1ccc([C@H]2[C@H](C(=O)c3ccccn3)[C@@H]3C=C[C@H]2C3)cc1. The Labute approximate surface area is 130 Å². The quantitative estimate of drug-likeness (QED) is 0.627. The molecule has 4 atom stereocenters. The second-order valence-electron chi connectivity index (χ2n) is 6.49. The Morgan fingerprint density at radius 3 is 2.55 bits per heavy atom. The van der Waals surface area contributed by atoms with E-state index in [1.807, 2.05) is 18.2 Å². The molecule has 0 N–H and O–H groups in total. The first kappa shape index (κ1) is 13.4. The Morgan fingerprint density at radius 1 is 1.05 bits per heavy atom. The molecule has 1 fully saturated rings. The molecule has 2 bridgehead atoms. The number of benzene rings is 1. The van der Waals surface area contributed by atoms with Gasteiger partial charge < -0.3 is 0 Å². The molecule has 0 aliphatic heterocycles. The minimum absolute atomic E-state index is 0.0348. The fourth-order valence-corrected chi connectivity index (χ4v) is 4.10. The van der Waals surface area contributed by atoms with Gasteiger partial charge in [-0.25, -0.2) is 0 Å². The average Bonchev–Trinajstić information content (AvgIpc) is 3.17. The molecule has 4 rings (SSSR count). The fraction of sp³-hybridized carbons (Fsp3) is 0.300. The Kier molecular flexibility index (Phi) is 3.18. The van der Waals surface area contributed by atoms with E-state index in [-0.39, 0.29) is 11.7 Å². The van der Waals surface area contributed by atoms with Crippen LogP contribution in [0, 0.1) is 24.7 Å². The summed E-state index contributed by atoms with van der Waals surface area (Å²) in [5, 5.41) is 0. The number of ketones is 1. The summed E-state index contributed by atoms with van der Waals surface area (Å²) in [7, 11) is 0. The molecule has 0 amide bonds. The van der Waals surface area contributed by atoms with Gasteiger partial charge >= 0.3 is 0 Å². The predicted molar refractivity (Wildman–Crippen MR) is 86.7 cm³/mol. The number of nitrogens with zero attached hydrogens (tertiary/aromatic N) is 1. The smallest absolute Gasteiger partial charge is 0.185 e. The lowest BCUT2D eigenvalue weighted by Gasteiger charge is -2.27. The van der Waals surface area contributed by atoms with Crippen LogP contribution in [0.3, 0.4) is 0 Å². The van der Waals surface area contributed by atoms with Crippen molar-refractivity contribution in [2.75, 3.05) is 0 Å². The molecule has 1 aromatic heterocycles. The van der Waals surface area contributed by atoms with Gasteiger partial charge in [-0.3, -0.25) is 9.78 Å². The zero-order valence-electron chi connectivity index (χ0n) is 12.6. The number of hydrogen-bond donors (Lipinski definition) is 0. The van der Waals surface area contributed by atoms with Crippen molar-refractivity contribution in [1.82, 2.24) is 4.98 Å². The van der Waals surface area contributed by atoms with Gasteiger partial charge in [-0.05, 0) is 42.9 Å². The molecule has 1 aromatic carbocycles. The van der Waals surface area contributed by atoms with Crippen LogP contribution in [0.4, 0.5) is 0 Å². The average molecular weight is 289 g/mol. The number of aromatic nitrogens is 1. The number of hydrogen-bond acceptors (Lipinski definition) is 2. The zero-order valence-corrected chi connectivity index (χ0v) is 12.6. The van der Waals surface area contributed by atoms with E-state index in [0.717, 1.165) is 6.42 Å². The van der Waals surface area contributed by atoms with Gasteiger partial charge in [0, 0.05) is 18.0 Å². The molecule has 0 radical (unpaired) electrons. The van der Waals surface area contributed by atoms with E-state index in [4.69, 9.17) is 0 Å². The Morgan fingerprint density at radius 2 is 1.82 bits per heavy atom. The lowest BCUT2D eigenvalue weighted by Crippen LogP contribution is -2.27. The first-order valence-electron chi connectivity index (χ1n) is 7.94. The first-order chi connectivity index (χ1) is 10.7. The van der Waals surface area contributed by atoms with E-state index in [0.29, 0.717) is 23.4 Å². The molecule has 2 aromatic rings. The predicted octanol–water partition coefficient (Wildman–Crippen LogP) is 4.18. The number of fused-ring (bicyclic) bond motifs is 2. The molecule has 0 spiro atoms. The summed E-state index contributed by atoms with van der Waals surface area (Å²) in [4.78, 5) is 17.3. The van der Waals surface area contributed by atoms with Crippen molar-refractivity contribution >= 4 is 5.78 Å². The van der Waals surface area contributed by atoms with Gasteiger partial charge in [0.1, 0.15) is 5.69 Å². The van der Waals surface area contributed by atoms with Gasteiger partial charge in [-0.1, -0.05) is 48.0 Å². The number of carbonyl (C=O) groups excluding carboxylic acids is 1. The van der Waals surface area contributed by atoms with Crippen molar-refractivity contribution in [1.29, 1.82) is 0 Å². The highest BCUT2D eigenvalue weighted by atomic mass is 16.1. The Balaban J connectivity index is 1.72. The van der Waals surface area contributed by atoms with Gasteiger partial charge in [0.05, 0.1) is 0 Å². The Hall–Kier alpha value is -2.22. The van der Waals surface area contributed by atoms with Crippen LogP contribution in [0.5, 0.6) is 0 Å². The van der Waals surface area contributed by atoms with Crippen LogP contribution in [0.25, 0.3) is 0 Å². The molecule has 2 heteroatoms. The third kappa shape index (κ3) is 2.10. The highest BCUT2D eigenvalue weighted by molar-refractivity contribution is 5.97. The van der Waals surface area contributed by atoms with Crippen LogP contribution >= 0.6 is 0 Å². The van der Waals surface area contributed by atoms with Gasteiger partial charge in [-0.2, -0.15) is 0 Å². The molecular formula is C20H19NO. The summed E-state index contributed by atoms with van der Waals surface area (Å²) in [6.07, 6.45) is 7.34. The zero-order chi connectivity index (χ0) is 15.1. The third-order valence-electron chi connectivity index (χ3n) is 5.14. The van der Waals surface area contributed by atoms with E-state index in [2.05, 4.69) is 48.3 Å². The number of pyridine rings is 1. The van der Waals surface area contributed by atoms with Crippen LogP contribution in [0.1, 0.15) is 34.0 Å². The van der Waals surface area contributed by atoms with Crippen molar-refractivity contribution in [2.24, 2.45) is 17.8 Å². The van der Waals surface area contributed by atoms with E-state index in [1.54, 1.807) is 6.20 Å². The summed E-state index contributed by atoms with van der Waals surface area (Å²) in [5.41, 5.74) is 3.15. The van der Waals surface area contributed by atoms with Gasteiger partial charge in [0.2, 0.25) is 0 Å². The summed E-state index contributed by atoms with van der Waals surface area (Å²) in [5.74, 6) is 1.39. The lowest BCUT2D eigenvalue weighted by atomic mass is 9.75. The highest BCUT2D eigenvalue weighted by Gasteiger charge is 2.48. The molecule has 2 aliphatic carbocycles. The van der Waals surface area contributed by atoms with Crippen molar-refractivity contribution in [3.05, 3.63) is 77.6 Å². The van der Waals surface area contributed by atoms with Crippen LogP contribution in [-0.4, -0.2) is 10.8 Å². The van der Waals surface area contributed by atoms with E-state index in [1.165, 1.54) is 11.1 Å². The molecular weight excluding hydrogens is 270 g/mol. The maximum Gasteiger partial charge on any atom is 0.185 e. The lowest BCUT2D eigenvalue weighted by molar-refractivity contribution is 0.0881. The van der Waals surface area contributed by atoms with Crippen LogP contribution in [-0.2, 0) is 0 Å². The number of carbonyl (C=O) groups is 1. The second-order valence-corrected chi connectivity index (χ2v) is 6.49. The van der Waals surface area contributed by atoms with Gasteiger partial charge in [0.15, 0.2) is 5.78 Å². The normalized spacial score (nSPS) is 29.0. The van der Waals surface area contributed by atoms with Crippen LogP contribution < -0.4 is 0 Å². The Bertz CT molecular complexity index is 717. The van der Waals surface area contributed by atoms with E-state index >= 15 is 0 Å². The fourth-order valence-electron chi connectivity index (χ4n) is 4.10. The summed E-state index contributed by atoms with van der Waals surface area (Å²) in [6, 6.07) is 14.3. The summed E-state index contributed by atoms with van der Waals surface area (Å²) >= 11 is 0. The molecule has 2 nitrogen and oxygen atoms in total. The van der Waals surface area contributed by atoms with Gasteiger partial charge in [-0.15, -0.1) is 0 Å². The monoisotopic (exact) mass is 289 g/mol. The van der Waals surface area contributed by atoms with Crippen LogP contribution in [0.15, 0.2) is 60.8 Å².